The molecule has 23 heavy (non-hydrogen) atoms. The second-order valence-electron chi connectivity index (χ2n) is 6.24. The van der Waals surface area contributed by atoms with Gasteiger partial charge in [-0.3, -0.25) is 0 Å². The number of hydrogen-bond donors (Lipinski definition) is 0. The third-order valence-corrected chi connectivity index (χ3v) is 4.29. The summed E-state index contributed by atoms with van der Waals surface area (Å²) in [6.45, 7) is 2.13. The van der Waals surface area contributed by atoms with E-state index in [4.69, 9.17) is 0 Å². The molecule has 0 heterocycles. The zero-order chi connectivity index (χ0) is 16.2. The Kier molecular flexibility index (Phi) is 4.47. The van der Waals surface area contributed by atoms with E-state index in [9.17, 15) is 0 Å². The quantitative estimate of drug-likeness (QED) is 0.596. The first kappa shape index (κ1) is 15.4. The Balaban J connectivity index is 2.06. The van der Waals surface area contributed by atoms with Crippen LogP contribution < -0.4 is 4.90 Å². The van der Waals surface area contributed by atoms with E-state index in [1.807, 2.05) is 0 Å². The van der Waals surface area contributed by atoms with Crippen LogP contribution in [0.1, 0.15) is 28.2 Å². The third-order valence-electron chi connectivity index (χ3n) is 4.29. The minimum Gasteiger partial charge on any atom is -0.378 e. The van der Waals surface area contributed by atoms with Gasteiger partial charge in [-0.25, -0.2) is 0 Å². The molecule has 0 saturated heterocycles. The standard InChI is InChI=1S/C22H23N/c1-17-9-11-19(12-10-17)22(18-7-5-4-6-8-18)20-13-15-21(16-14-20)23(2)3/h4-16,22H,1-3H3. The van der Waals surface area contributed by atoms with Crippen molar-refractivity contribution in [2.24, 2.45) is 0 Å². The molecule has 0 bridgehead atoms. The Morgan fingerprint density at radius 3 is 1.61 bits per heavy atom. The Morgan fingerprint density at radius 2 is 1.09 bits per heavy atom. The highest BCUT2D eigenvalue weighted by Gasteiger charge is 2.16. The van der Waals surface area contributed by atoms with Crippen molar-refractivity contribution < 1.29 is 0 Å². The smallest absolute Gasteiger partial charge is 0.0361 e. The van der Waals surface area contributed by atoms with Gasteiger partial charge >= 0.3 is 0 Å². The highest BCUT2D eigenvalue weighted by molar-refractivity contribution is 5.50. The average molecular weight is 301 g/mol. The van der Waals surface area contributed by atoms with Gasteiger partial charge in [-0.1, -0.05) is 72.3 Å². The molecular formula is C22H23N. The van der Waals surface area contributed by atoms with Crippen LogP contribution in [0.2, 0.25) is 0 Å². The molecule has 0 fully saturated rings. The lowest BCUT2D eigenvalue weighted by Gasteiger charge is -2.20. The minimum atomic E-state index is 0.271. The first-order valence-corrected chi connectivity index (χ1v) is 8.04. The van der Waals surface area contributed by atoms with Gasteiger partial charge in [0.1, 0.15) is 0 Å². The predicted molar refractivity (Wildman–Crippen MR) is 99.3 cm³/mol. The van der Waals surface area contributed by atoms with Crippen molar-refractivity contribution in [3.8, 4) is 0 Å². The van der Waals surface area contributed by atoms with E-state index in [1.54, 1.807) is 0 Å². The van der Waals surface area contributed by atoms with Gasteiger partial charge in [0.05, 0.1) is 0 Å². The second kappa shape index (κ2) is 6.70. The molecule has 1 nitrogen and oxygen atoms in total. The topological polar surface area (TPSA) is 3.24 Å². The Bertz CT molecular complexity index is 740. The van der Waals surface area contributed by atoms with Gasteiger partial charge in [-0.15, -0.1) is 0 Å². The molecule has 3 aromatic carbocycles. The highest BCUT2D eigenvalue weighted by Crippen LogP contribution is 2.32. The molecule has 0 spiro atoms. The van der Waals surface area contributed by atoms with E-state index in [-0.39, 0.29) is 5.92 Å². The van der Waals surface area contributed by atoms with Crippen LogP contribution in [-0.2, 0) is 0 Å². The molecule has 1 heteroatoms. The van der Waals surface area contributed by atoms with Gasteiger partial charge in [0.15, 0.2) is 0 Å². The molecule has 0 aliphatic rings. The number of aryl methyl sites for hydroxylation is 1. The van der Waals surface area contributed by atoms with E-state index < -0.39 is 0 Å². The van der Waals surface area contributed by atoms with Gasteiger partial charge in [-0.2, -0.15) is 0 Å². The fraction of sp³-hybridized carbons (Fsp3) is 0.182. The molecular weight excluding hydrogens is 278 g/mol. The van der Waals surface area contributed by atoms with Crippen LogP contribution in [-0.4, -0.2) is 14.1 Å². The fourth-order valence-electron chi connectivity index (χ4n) is 2.95. The van der Waals surface area contributed by atoms with Crippen LogP contribution in [0.4, 0.5) is 5.69 Å². The van der Waals surface area contributed by atoms with Gasteiger partial charge in [0, 0.05) is 25.7 Å². The zero-order valence-electron chi connectivity index (χ0n) is 14.0. The maximum absolute atomic E-state index is 2.24. The van der Waals surface area contributed by atoms with Crippen molar-refractivity contribution >= 4 is 5.69 Å². The molecule has 0 N–H and O–H groups in total. The van der Waals surface area contributed by atoms with Crippen molar-refractivity contribution in [1.82, 2.24) is 0 Å². The van der Waals surface area contributed by atoms with Crippen molar-refractivity contribution in [2.75, 3.05) is 19.0 Å². The lowest BCUT2D eigenvalue weighted by molar-refractivity contribution is 0.974. The highest BCUT2D eigenvalue weighted by atomic mass is 15.1. The second-order valence-corrected chi connectivity index (χ2v) is 6.24. The minimum absolute atomic E-state index is 0.271. The van der Waals surface area contributed by atoms with Gasteiger partial charge in [0.2, 0.25) is 0 Å². The summed E-state index contributed by atoms with van der Waals surface area (Å²) in [7, 11) is 4.15. The summed E-state index contributed by atoms with van der Waals surface area (Å²) in [5, 5.41) is 0. The lowest BCUT2D eigenvalue weighted by atomic mass is 9.85. The normalized spacial score (nSPS) is 12.0. The van der Waals surface area contributed by atoms with E-state index in [0.717, 1.165) is 0 Å². The van der Waals surface area contributed by atoms with Crippen molar-refractivity contribution in [3.05, 3.63) is 101 Å². The van der Waals surface area contributed by atoms with Crippen LogP contribution in [0.3, 0.4) is 0 Å². The number of hydrogen-bond acceptors (Lipinski definition) is 1. The van der Waals surface area contributed by atoms with Crippen molar-refractivity contribution in [3.63, 3.8) is 0 Å². The number of nitrogens with zero attached hydrogens (tertiary/aromatic N) is 1. The SMILES string of the molecule is Cc1ccc(C(c2ccccc2)c2ccc(N(C)C)cc2)cc1. The molecule has 0 aliphatic carbocycles. The summed E-state index contributed by atoms with van der Waals surface area (Å²) in [5.74, 6) is 0.271. The van der Waals surface area contributed by atoms with Crippen LogP contribution in [0.5, 0.6) is 0 Å². The maximum Gasteiger partial charge on any atom is 0.0361 e. The molecule has 116 valence electrons. The van der Waals surface area contributed by atoms with Crippen LogP contribution in [0.15, 0.2) is 78.9 Å². The van der Waals surface area contributed by atoms with E-state index in [2.05, 4.69) is 105 Å². The summed E-state index contributed by atoms with van der Waals surface area (Å²) in [4.78, 5) is 2.13. The van der Waals surface area contributed by atoms with Crippen LogP contribution in [0.25, 0.3) is 0 Å². The first-order valence-electron chi connectivity index (χ1n) is 8.04. The summed E-state index contributed by atoms with van der Waals surface area (Å²) in [6.07, 6.45) is 0. The molecule has 0 saturated carbocycles. The monoisotopic (exact) mass is 301 g/mol. The predicted octanol–water partition coefficient (Wildman–Crippen LogP) is 5.24. The van der Waals surface area contributed by atoms with Crippen LogP contribution in [0, 0.1) is 6.92 Å². The summed E-state index contributed by atoms with van der Waals surface area (Å²) < 4.78 is 0. The Hall–Kier alpha value is -2.54. The molecule has 0 aromatic heterocycles. The van der Waals surface area contributed by atoms with E-state index in [1.165, 1.54) is 27.9 Å². The molecule has 1 atom stereocenters. The molecule has 1 unspecified atom stereocenters. The first-order chi connectivity index (χ1) is 11.1. The molecule has 0 amide bonds. The van der Waals surface area contributed by atoms with Gasteiger partial charge in [0.25, 0.3) is 0 Å². The van der Waals surface area contributed by atoms with E-state index in [0.29, 0.717) is 0 Å². The van der Waals surface area contributed by atoms with Crippen molar-refractivity contribution in [1.29, 1.82) is 0 Å². The molecule has 0 aliphatic heterocycles. The molecule has 0 radical (unpaired) electrons. The fourth-order valence-corrected chi connectivity index (χ4v) is 2.95. The average Bonchev–Trinajstić information content (AvgIpc) is 2.58. The number of anilines is 1. The number of benzene rings is 3. The summed E-state index contributed by atoms with van der Waals surface area (Å²) in [5.41, 5.74) is 6.51. The van der Waals surface area contributed by atoms with E-state index >= 15 is 0 Å². The summed E-state index contributed by atoms with van der Waals surface area (Å²) >= 11 is 0. The number of rotatable bonds is 4. The molecule has 3 aromatic rings. The van der Waals surface area contributed by atoms with Gasteiger partial charge < -0.3 is 4.90 Å². The Morgan fingerprint density at radius 1 is 0.609 bits per heavy atom. The summed E-state index contributed by atoms with van der Waals surface area (Å²) in [6, 6.07) is 28.5. The zero-order valence-corrected chi connectivity index (χ0v) is 14.0. The molecule has 3 rings (SSSR count). The third kappa shape index (κ3) is 3.45. The Labute approximate surface area is 139 Å². The maximum atomic E-state index is 2.24. The van der Waals surface area contributed by atoms with Gasteiger partial charge in [-0.05, 0) is 35.7 Å². The van der Waals surface area contributed by atoms with Crippen molar-refractivity contribution in [2.45, 2.75) is 12.8 Å². The largest absolute Gasteiger partial charge is 0.378 e. The van der Waals surface area contributed by atoms with Crippen LogP contribution >= 0.6 is 0 Å². The lowest BCUT2D eigenvalue weighted by Crippen LogP contribution is -2.09.